The maximum absolute atomic E-state index is 13.8. The van der Waals surface area contributed by atoms with Crippen LogP contribution in [0.2, 0.25) is 0 Å². The Kier molecular flexibility index (Phi) is 6.27. The van der Waals surface area contributed by atoms with Crippen LogP contribution < -0.4 is 11.1 Å². The van der Waals surface area contributed by atoms with Gasteiger partial charge in [-0.25, -0.2) is 4.98 Å². The van der Waals surface area contributed by atoms with Gasteiger partial charge in [-0.3, -0.25) is 24.1 Å². The molecule has 12 nitrogen and oxygen atoms in total. The van der Waals surface area contributed by atoms with Crippen molar-refractivity contribution in [2.24, 2.45) is 17.6 Å². The zero-order chi connectivity index (χ0) is 29.3. The van der Waals surface area contributed by atoms with Crippen molar-refractivity contribution in [3.05, 3.63) is 64.3 Å². The highest BCUT2D eigenvalue weighted by atomic mass is 16.3. The van der Waals surface area contributed by atoms with Gasteiger partial charge >= 0.3 is 0 Å². The number of rotatable bonds is 4. The molecule has 1 aromatic heterocycles. The molecule has 2 aromatic rings. The zero-order valence-electron chi connectivity index (χ0n) is 21.9. The Hall–Kier alpha value is -4.55. The van der Waals surface area contributed by atoms with Crippen molar-refractivity contribution in [3.8, 4) is 16.9 Å². The maximum Gasteiger partial charge on any atom is 0.255 e. The highest BCUT2D eigenvalue weighted by Crippen LogP contribution is 2.53. The Morgan fingerprint density at radius 1 is 1.12 bits per heavy atom. The zero-order valence-corrected chi connectivity index (χ0v) is 21.9. The van der Waals surface area contributed by atoms with Gasteiger partial charge < -0.3 is 31.5 Å². The Bertz CT molecular complexity index is 1560. The molecule has 0 spiro atoms. The van der Waals surface area contributed by atoms with E-state index < -0.39 is 58.0 Å². The molecule has 0 saturated carbocycles. The van der Waals surface area contributed by atoms with E-state index in [-0.39, 0.29) is 35.6 Å². The van der Waals surface area contributed by atoms with Crippen LogP contribution in [0.4, 0.5) is 5.82 Å². The number of allylic oxidation sites excluding steroid dienone is 1. The van der Waals surface area contributed by atoms with Crippen LogP contribution in [0.25, 0.3) is 11.1 Å². The second-order valence-corrected chi connectivity index (χ2v) is 10.6. The van der Waals surface area contributed by atoms with Crippen LogP contribution in [0.15, 0.2) is 53.1 Å². The Labute approximate surface area is 228 Å². The fourth-order valence-electron chi connectivity index (χ4n) is 6.33. The lowest BCUT2D eigenvalue weighted by Gasteiger charge is -2.50. The molecule has 0 radical (unpaired) electrons. The lowest BCUT2D eigenvalue weighted by atomic mass is 9.58. The topological polar surface area (TPSA) is 203 Å². The third kappa shape index (κ3) is 3.79. The van der Waals surface area contributed by atoms with E-state index in [1.165, 1.54) is 24.1 Å². The van der Waals surface area contributed by atoms with Gasteiger partial charge in [0.15, 0.2) is 11.4 Å². The third-order valence-electron chi connectivity index (χ3n) is 7.98. The second kappa shape index (κ2) is 9.28. The number of aliphatic hydroxyl groups excluding tert-OH is 2. The lowest BCUT2D eigenvalue weighted by molar-refractivity contribution is -0.148. The molecule has 5 rings (SSSR count). The number of nitrogens with two attached hydrogens (primary N) is 1. The van der Waals surface area contributed by atoms with Crippen LogP contribution in [0.1, 0.15) is 29.3 Å². The number of aromatic hydroxyl groups is 1. The van der Waals surface area contributed by atoms with Crippen molar-refractivity contribution >= 4 is 29.2 Å². The summed E-state index contributed by atoms with van der Waals surface area (Å²) < 4.78 is 0. The minimum atomic E-state index is -2.69. The van der Waals surface area contributed by atoms with E-state index in [0.29, 0.717) is 22.5 Å². The number of aromatic nitrogens is 1. The summed E-state index contributed by atoms with van der Waals surface area (Å²) in [6.07, 6.45) is 1.65. The number of primary amides is 1. The quantitative estimate of drug-likeness (QED) is 0.301. The van der Waals surface area contributed by atoms with E-state index in [1.807, 2.05) is 0 Å². The number of phenols is 1. The lowest BCUT2D eigenvalue weighted by Crippen LogP contribution is -2.63. The van der Waals surface area contributed by atoms with Crippen LogP contribution in [-0.4, -0.2) is 79.4 Å². The number of carbonyl (C=O) groups is 4. The number of pyridine rings is 1. The summed E-state index contributed by atoms with van der Waals surface area (Å²) >= 11 is 0. The number of nitrogens with zero attached hydrogens (tertiary/aromatic N) is 2. The van der Waals surface area contributed by atoms with E-state index in [4.69, 9.17) is 5.73 Å². The second-order valence-electron chi connectivity index (χ2n) is 10.6. The number of ketones is 2. The molecule has 0 unspecified atom stereocenters. The predicted octanol–water partition coefficient (Wildman–Crippen LogP) is 1.14. The first-order chi connectivity index (χ1) is 18.8. The van der Waals surface area contributed by atoms with E-state index in [1.54, 1.807) is 32.3 Å². The fourth-order valence-corrected chi connectivity index (χ4v) is 6.33. The standard InChI is InChI=1S/C28H28N4O8/c1-11(33)31-18-7-4-12(10-30-18)14-5-6-17(34)20-15(14)8-13-9-16-22(32(2)3)24(36)21(27(29)39)26(38)28(16,40)25(37)19(13)23(20)35/h4-7,10,13,16,22,34,36-37,40H,8-9H2,1-3H3,(H2,29,39)(H,30,31,33)/t13-,16-,22+,28-/m0/s1. The number of carbonyl (C=O) groups excluding carboxylic acids is 4. The van der Waals surface area contributed by atoms with Gasteiger partial charge in [0.2, 0.25) is 11.7 Å². The molecule has 0 fully saturated rings. The molecule has 4 atom stereocenters. The van der Waals surface area contributed by atoms with Crippen LogP contribution in [0, 0.1) is 11.8 Å². The van der Waals surface area contributed by atoms with Gasteiger partial charge in [-0.1, -0.05) is 6.07 Å². The van der Waals surface area contributed by atoms with Crippen LogP contribution in [0.3, 0.4) is 0 Å². The van der Waals surface area contributed by atoms with Crippen molar-refractivity contribution < 1.29 is 39.6 Å². The van der Waals surface area contributed by atoms with Gasteiger partial charge in [0.1, 0.15) is 28.7 Å². The molecule has 3 aliphatic carbocycles. The SMILES string of the molecule is CC(=O)Nc1ccc(-c2ccc(O)c3c2C[C@H]2C[C@H]4[C@@H](N(C)C)C(O)=C(C(N)=O)C(=O)[C@@]4(O)C(O)=C2C3=O)cn1. The molecule has 7 N–H and O–H groups in total. The number of amides is 2. The van der Waals surface area contributed by atoms with Gasteiger partial charge in [0.25, 0.3) is 5.91 Å². The Morgan fingerprint density at radius 3 is 2.40 bits per heavy atom. The molecule has 2 amide bonds. The number of aliphatic hydroxyl groups is 3. The number of likely N-dealkylation sites (N-methyl/N-ethyl adjacent to an activating group) is 1. The van der Waals surface area contributed by atoms with Crippen molar-refractivity contribution in [2.45, 2.75) is 31.4 Å². The highest BCUT2D eigenvalue weighted by molar-refractivity contribution is 6.24. The molecule has 0 bridgehead atoms. The number of Topliss-reactive ketones (excluding diaryl/α,β-unsaturated/α-hetero) is 2. The normalized spacial score (nSPS) is 25.9. The maximum atomic E-state index is 13.8. The summed E-state index contributed by atoms with van der Waals surface area (Å²) in [6, 6.07) is 5.18. The monoisotopic (exact) mass is 548 g/mol. The number of hydrogen-bond donors (Lipinski definition) is 6. The molecule has 3 aliphatic rings. The number of phenolic OH excluding ortho intramolecular Hbond substituents is 1. The molecule has 40 heavy (non-hydrogen) atoms. The van der Waals surface area contributed by atoms with E-state index in [0.717, 1.165) is 0 Å². The highest BCUT2D eigenvalue weighted by Gasteiger charge is 2.63. The van der Waals surface area contributed by atoms with Crippen LogP contribution >= 0.6 is 0 Å². The molecule has 12 heteroatoms. The molecular weight excluding hydrogens is 520 g/mol. The fraction of sp³-hybridized carbons (Fsp3) is 0.321. The summed E-state index contributed by atoms with van der Waals surface area (Å²) in [5.74, 6) is -6.99. The van der Waals surface area contributed by atoms with Gasteiger partial charge in [0, 0.05) is 30.2 Å². The number of nitrogens with one attached hydrogen (secondary N) is 1. The predicted molar refractivity (Wildman–Crippen MR) is 141 cm³/mol. The van der Waals surface area contributed by atoms with Crippen molar-refractivity contribution in [1.29, 1.82) is 0 Å². The molecule has 0 saturated heterocycles. The van der Waals surface area contributed by atoms with Crippen molar-refractivity contribution in [2.75, 3.05) is 19.4 Å². The molecular formula is C28H28N4O8. The average molecular weight is 549 g/mol. The Balaban J connectivity index is 1.66. The van der Waals surface area contributed by atoms with Crippen LogP contribution in [-0.2, 0) is 20.8 Å². The smallest absolute Gasteiger partial charge is 0.255 e. The van der Waals surface area contributed by atoms with E-state index in [9.17, 15) is 39.6 Å². The largest absolute Gasteiger partial charge is 0.510 e. The summed E-state index contributed by atoms with van der Waals surface area (Å²) in [7, 11) is 3.14. The van der Waals surface area contributed by atoms with E-state index in [2.05, 4.69) is 10.3 Å². The minimum Gasteiger partial charge on any atom is -0.510 e. The molecule has 1 aromatic carbocycles. The number of anilines is 1. The van der Waals surface area contributed by atoms with Gasteiger partial charge in [-0.2, -0.15) is 0 Å². The summed E-state index contributed by atoms with van der Waals surface area (Å²) in [5, 5.41) is 47.2. The van der Waals surface area contributed by atoms with E-state index >= 15 is 0 Å². The Morgan fingerprint density at radius 2 is 1.82 bits per heavy atom. The van der Waals surface area contributed by atoms with Crippen molar-refractivity contribution in [3.63, 3.8) is 0 Å². The van der Waals surface area contributed by atoms with Crippen molar-refractivity contribution in [1.82, 2.24) is 9.88 Å². The number of fused-ring (bicyclic) bond motifs is 3. The third-order valence-corrected chi connectivity index (χ3v) is 7.98. The molecule has 208 valence electrons. The number of benzene rings is 1. The first-order valence-electron chi connectivity index (χ1n) is 12.5. The first-order valence-corrected chi connectivity index (χ1v) is 12.5. The summed E-state index contributed by atoms with van der Waals surface area (Å²) in [5.41, 5.74) is 3.16. The van der Waals surface area contributed by atoms with Gasteiger partial charge in [-0.15, -0.1) is 0 Å². The first kappa shape index (κ1) is 27.0. The average Bonchev–Trinajstić information content (AvgIpc) is 2.86. The molecule has 0 aliphatic heterocycles. The van der Waals surface area contributed by atoms with Crippen LogP contribution in [0.5, 0.6) is 5.75 Å². The minimum absolute atomic E-state index is 0.0133. The molecule has 1 heterocycles. The summed E-state index contributed by atoms with van der Waals surface area (Å²) in [6.45, 7) is 1.36. The van der Waals surface area contributed by atoms with Gasteiger partial charge in [0.05, 0.1) is 11.6 Å². The number of hydrogen-bond acceptors (Lipinski definition) is 10. The van der Waals surface area contributed by atoms with Gasteiger partial charge in [-0.05, 0) is 62.2 Å². The summed E-state index contributed by atoms with van der Waals surface area (Å²) in [4.78, 5) is 56.4.